The maximum absolute atomic E-state index is 12.9. The van der Waals surface area contributed by atoms with E-state index in [4.69, 9.17) is 5.73 Å². The second kappa shape index (κ2) is 5.03. The van der Waals surface area contributed by atoms with E-state index in [0.29, 0.717) is 5.69 Å². The van der Waals surface area contributed by atoms with E-state index in [9.17, 15) is 9.18 Å². The van der Waals surface area contributed by atoms with Crippen LogP contribution in [0.3, 0.4) is 0 Å². The van der Waals surface area contributed by atoms with E-state index in [2.05, 4.69) is 10.6 Å². The van der Waals surface area contributed by atoms with Crippen molar-refractivity contribution in [1.82, 2.24) is 5.32 Å². The minimum atomic E-state index is -0.480. The molecule has 5 heteroatoms. The summed E-state index contributed by atoms with van der Waals surface area (Å²) in [6, 6.07) is 4.12. The van der Waals surface area contributed by atoms with Gasteiger partial charge in [-0.25, -0.2) is 9.18 Å². The molecule has 4 N–H and O–H groups in total. The van der Waals surface area contributed by atoms with Crippen LogP contribution in [0.4, 0.5) is 20.6 Å². The Balaban J connectivity index is 1.90. The summed E-state index contributed by atoms with van der Waals surface area (Å²) in [5.41, 5.74) is 5.94. The molecule has 92 valence electrons. The van der Waals surface area contributed by atoms with E-state index in [1.54, 1.807) is 0 Å². The molecule has 0 saturated heterocycles. The lowest BCUT2D eigenvalue weighted by atomic mass is 10.2. The van der Waals surface area contributed by atoms with Crippen LogP contribution in [0.25, 0.3) is 0 Å². The topological polar surface area (TPSA) is 67.1 Å². The molecule has 2 rings (SSSR count). The molecule has 17 heavy (non-hydrogen) atoms. The minimum Gasteiger partial charge on any atom is -0.396 e. The normalized spacial score (nSPS) is 15.8. The van der Waals surface area contributed by atoms with E-state index in [1.807, 2.05) is 0 Å². The lowest BCUT2D eigenvalue weighted by molar-refractivity contribution is 0.248. The molecule has 0 aliphatic heterocycles. The van der Waals surface area contributed by atoms with E-state index in [0.717, 1.165) is 25.7 Å². The van der Waals surface area contributed by atoms with Gasteiger partial charge in [0, 0.05) is 11.7 Å². The van der Waals surface area contributed by atoms with E-state index < -0.39 is 5.82 Å². The number of halogens is 1. The van der Waals surface area contributed by atoms with Crippen molar-refractivity contribution in [2.24, 2.45) is 0 Å². The molecule has 1 saturated carbocycles. The van der Waals surface area contributed by atoms with Crippen molar-refractivity contribution in [3.63, 3.8) is 0 Å². The van der Waals surface area contributed by atoms with Crippen molar-refractivity contribution >= 4 is 17.4 Å². The molecule has 0 heterocycles. The lowest BCUT2D eigenvalue weighted by Crippen LogP contribution is -2.36. The van der Waals surface area contributed by atoms with Crippen LogP contribution in [0.15, 0.2) is 18.2 Å². The van der Waals surface area contributed by atoms with Crippen LogP contribution in [0, 0.1) is 5.82 Å². The SMILES string of the molecule is Nc1cc(NC(=O)NC2CCCC2)ccc1F. The molecule has 0 radical (unpaired) electrons. The van der Waals surface area contributed by atoms with Gasteiger partial charge in [-0.1, -0.05) is 12.8 Å². The standard InChI is InChI=1S/C12H16FN3O/c13-10-6-5-9(7-11(10)14)16-12(17)15-8-3-1-2-4-8/h5-8H,1-4,14H2,(H2,15,16,17). The summed E-state index contributed by atoms with van der Waals surface area (Å²) in [5.74, 6) is -0.480. The van der Waals surface area contributed by atoms with Gasteiger partial charge in [-0.3, -0.25) is 0 Å². The Bertz CT molecular complexity index is 416. The van der Waals surface area contributed by atoms with Gasteiger partial charge in [-0.05, 0) is 31.0 Å². The smallest absolute Gasteiger partial charge is 0.319 e. The van der Waals surface area contributed by atoms with Gasteiger partial charge >= 0.3 is 6.03 Å². The number of rotatable bonds is 2. The Morgan fingerprint density at radius 2 is 2.06 bits per heavy atom. The number of hydrogen-bond acceptors (Lipinski definition) is 2. The quantitative estimate of drug-likeness (QED) is 0.692. The molecule has 0 aromatic heterocycles. The highest BCUT2D eigenvalue weighted by atomic mass is 19.1. The second-order valence-corrected chi connectivity index (χ2v) is 4.32. The monoisotopic (exact) mass is 237 g/mol. The zero-order valence-corrected chi connectivity index (χ0v) is 9.50. The number of hydrogen-bond donors (Lipinski definition) is 3. The number of anilines is 2. The van der Waals surface area contributed by atoms with Crippen molar-refractivity contribution < 1.29 is 9.18 Å². The third-order valence-electron chi connectivity index (χ3n) is 2.94. The highest BCUT2D eigenvalue weighted by molar-refractivity contribution is 5.89. The fourth-order valence-electron chi connectivity index (χ4n) is 2.04. The Labute approximate surface area is 99.4 Å². The van der Waals surface area contributed by atoms with Crippen LogP contribution in [-0.4, -0.2) is 12.1 Å². The van der Waals surface area contributed by atoms with Crippen LogP contribution in [0.1, 0.15) is 25.7 Å². The van der Waals surface area contributed by atoms with Gasteiger partial charge in [-0.2, -0.15) is 0 Å². The van der Waals surface area contributed by atoms with Crippen LogP contribution in [-0.2, 0) is 0 Å². The molecule has 1 fully saturated rings. The summed E-state index contributed by atoms with van der Waals surface area (Å²) in [6.07, 6.45) is 4.38. The van der Waals surface area contributed by atoms with E-state index in [-0.39, 0.29) is 17.8 Å². The van der Waals surface area contributed by atoms with Gasteiger partial charge < -0.3 is 16.4 Å². The number of urea groups is 1. The number of carbonyl (C=O) groups excluding carboxylic acids is 1. The highest BCUT2D eigenvalue weighted by Crippen LogP contribution is 2.19. The van der Waals surface area contributed by atoms with Gasteiger partial charge in [0.15, 0.2) is 0 Å². The highest BCUT2D eigenvalue weighted by Gasteiger charge is 2.16. The van der Waals surface area contributed by atoms with Crippen LogP contribution >= 0.6 is 0 Å². The average Bonchev–Trinajstić information content (AvgIpc) is 2.76. The molecule has 0 spiro atoms. The van der Waals surface area contributed by atoms with Gasteiger partial charge in [0.05, 0.1) is 5.69 Å². The molecular weight excluding hydrogens is 221 g/mol. The Hall–Kier alpha value is -1.78. The first-order chi connectivity index (χ1) is 8.15. The van der Waals surface area contributed by atoms with Gasteiger partial charge in [0.25, 0.3) is 0 Å². The first kappa shape index (κ1) is 11.7. The predicted octanol–water partition coefficient (Wildman–Crippen LogP) is 2.47. The summed E-state index contributed by atoms with van der Waals surface area (Å²) in [7, 11) is 0. The van der Waals surface area contributed by atoms with Crippen molar-refractivity contribution in [3.05, 3.63) is 24.0 Å². The molecule has 0 atom stereocenters. The first-order valence-electron chi connectivity index (χ1n) is 5.77. The Kier molecular flexibility index (Phi) is 3.46. The first-order valence-corrected chi connectivity index (χ1v) is 5.77. The molecule has 1 aliphatic rings. The van der Waals surface area contributed by atoms with Gasteiger partial charge in [0.2, 0.25) is 0 Å². The minimum absolute atomic E-state index is 0.0312. The van der Waals surface area contributed by atoms with E-state index in [1.165, 1.54) is 18.2 Å². The van der Waals surface area contributed by atoms with Crippen LogP contribution in [0.5, 0.6) is 0 Å². The zero-order chi connectivity index (χ0) is 12.3. The third-order valence-corrected chi connectivity index (χ3v) is 2.94. The maximum Gasteiger partial charge on any atom is 0.319 e. The van der Waals surface area contributed by atoms with Crippen molar-refractivity contribution in [2.45, 2.75) is 31.7 Å². The van der Waals surface area contributed by atoms with Gasteiger partial charge in [-0.15, -0.1) is 0 Å². The van der Waals surface area contributed by atoms with E-state index >= 15 is 0 Å². The number of nitrogens with two attached hydrogens (primary N) is 1. The Morgan fingerprint density at radius 1 is 1.35 bits per heavy atom. The van der Waals surface area contributed by atoms with Crippen molar-refractivity contribution in [3.8, 4) is 0 Å². The Morgan fingerprint density at radius 3 is 2.71 bits per heavy atom. The molecular formula is C12H16FN3O. The predicted molar refractivity (Wildman–Crippen MR) is 65.2 cm³/mol. The largest absolute Gasteiger partial charge is 0.396 e. The van der Waals surface area contributed by atoms with Gasteiger partial charge in [0.1, 0.15) is 5.82 Å². The fourth-order valence-corrected chi connectivity index (χ4v) is 2.04. The summed E-state index contributed by atoms with van der Waals surface area (Å²) in [5, 5.41) is 5.52. The van der Waals surface area contributed by atoms with Crippen molar-refractivity contribution in [1.29, 1.82) is 0 Å². The van der Waals surface area contributed by atoms with Crippen LogP contribution in [0.2, 0.25) is 0 Å². The third kappa shape index (κ3) is 3.09. The number of nitrogen functional groups attached to an aromatic ring is 1. The number of amides is 2. The summed E-state index contributed by atoms with van der Waals surface area (Å²) < 4.78 is 12.9. The molecule has 1 aromatic carbocycles. The number of carbonyl (C=O) groups is 1. The number of benzene rings is 1. The molecule has 4 nitrogen and oxygen atoms in total. The summed E-state index contributed by atoms with van der Waals surface area (Å²) in [4.78, 5) is 11.6. The molecule has 2 amide bonds. The summed E-state index contributed by atoms with van der Waals surface area (Å²) in [6.45, 7) is 0. The molecule has 0 unspecified atom stereocenters. The molecule has 0 bridgehead atoms. The second-order valence-electron chi connectivity index (χ2n) is 4.32. The lowest BCUT2D eigenvalue weighted by Gasteiger charge is -2.13. The molecule has 1 aliphatic carbocycles. The van der Waals surface area contributed by atoms with Crippen molar-refractivity contribution in [2.75, 3.05) is 11.1 Å². The maximum atomic E-state index is 12.9. The number of nitrogens with one attached hydrogen (secondary N) is 2. The average molecular weight is 237 g/mol. The van der Waals surface area contributed by atoms with Crippen LogP contribution < -0.4 is 16.4 Å². The fraction of sp³-hybridized carbons (Fsp3) is 0.417. The molecule has 1 aromatic rings. The summed E-state index contributed by atoms with van der Waals surface area (Å²) >= 11 is 0. The zero-order valence-electron chi connectivity index (χ0n) is 9.50.